The molecule has 0 unspecified atom stereocenters. The summed E-state index contributed by atoms with van der Waals surface area (Å²) >= 11 is 1.61. The third-order valence-electron chi connectivity index (χ3n) is 10.7. The van der Waals surface area contributed by atoms with E-state index in [0.29, 0.717) is 23.4 Å². The average Bonchev–Trinajstić information content (AvgIpc) is 3.59. The van der Waals surface area contributed by atoms with Crippen LogP contribution in [0, 0.1) is 29.6 Å². The van der Waals surface area contributed by atoms with Gasteiger partial charge in [0.15, 0.2) is 0 Å². The van der Waals surface area contributed by atoms with Gasteiger partial charge in [-0.15, -0.1) is 11.8 Å². The number of nitrogens with zero attached hydrogens (tertiary/aromatic N) is 1. The molecule has 3 aliphatic heterocycles. The number of nitrogens with one attached hydrogen (secondary N) is 2. The van der Waals surface area contributed by atoms with Gasteiger partial charge in [-0.3, -0.25) is 14.4 Å². The first-order valence-electron chi connectivity index (χ1n) is 15.2. The highest BCUT2D eigenvalue weighted by Crippen LogP contribution is 2.56. The van der Waals surface area contributed by atoms with Crippen molar-refractivity contribution in [2.45, 2.75) is 100 Å². The summed E-state index contributed by atoms with van der Waals surface area (Å²) in [5.41, 5.74) is -0.411. The van der Waals surface area contributed by atoms with E-state index in [1.54, 1.807) is 11.8 Å². The van der Waals surface area contributed by atoms with Gasteiger partial charge in [-0.1, -0.05) is 64.7 Å². The highest BCUT2D eigenvalue weighted by Gasteiger charge is 2.73. The number of hydrogen-bond acceptors (Lipinski definition) is 5. The van der Waals surface area contributed by atoms with Crippen LogP contribution in [0.1, 0.15) is 65.7 Å². The molecule has 7 nitrogen and oxygen atoms in total. The van der Waals surface area contributed by atoms with Crippen molar-refractivity contribution in [2.75, 3.05) is 11.6 Å². The number of carbonyl (C=O) groups is 3. The lowest BCUT2D eigenvalue weighted by molar-refractivity contribution is -0.146. The molecule has 2 bridgehead atoms. The van der Waals surface area contributed by atoms with Gasteiger partial charge in [-0.25, -0.2) is 0 Å². The molecule has 0 aromatic heterocycles. The summed E-state index contributed by atoms with van der Waals surface area (Å²) in [6, 6.07) is 7.01. The van der Waals surface area contributed by atoms with Crippen LogP contribution in [0.2, 0.25) is 0 Å². The number of thioether (sulfide) groups is 1. The van der Waals surface area contributed by atoms with Crippen molar-refractivity contribution in [1.29, 1.82) is 0 Å². The van der Waals surface area contributed by atoms with E-state index >= 15 is 0 Å². The van der Waals surface area contributed by atoms with Crippen LogP contribution < -0.4 is 10.6 Å². The van der Waals surface area contributed by atoms with Crippen LogP contribution in [-0.2, 0) is 19.1 Å². The standard InChI is InChI=1S/C32H43N3O4S/c1-18-10-7-13-23(20(18)3)34-30(37)28-32-16-15-25(39-32)26(29(36)33-21-11-8-12-22(17-21)40-4)27(32)31(38)35(28)24-14-6-5-9-19(24)2/h8,11-12,15-20,23-28H,5-7,9-10,13-14H2,1-4H3,(H,33,36)(H,34,37)/t18-,19+,20-,23+,24-,25-,26+,27-,28-,32-/m0/s1. The second kappa shape index (κ2) is 10.8. The zero-order valence-electron chi connectivity index (χ0n) is 24.1. The molecule has 2 saturated carbocycles. The first kappa shape index (κ1) is 27.8. The molecular weight excluding hydrogens is 522 g/mol. The summed E-state index contributed by atoms with van der Waals surface area (Å²) in [5, 5.41) is 6.44. The van der Waals surface area contributed by atoms with Crippen molar-refractivity contribution in [3.8, 4) is 0 Å². The van der Waals surface area contributed by atoms with Gasteiger partial charge in [-0.05, 0) is 61.5 Å². The van der Waals surface area contributed by atoms with Gasteiger partial charge in [0.2, 0.25) is 17.7 Å². The van der Waals surface area contributed by atoms with Crippen molar-refractivity contribution >= 4 is 35.2 Å². The van der Waals surface area contributed by atoms with Crippen LogP contribution in [0.3, 0.4) is 0 Å². The van der Waals surface area contributed by atoms with Crippen molar-refractivity contribution in [3.63, 3.8) is 0 Å². The highest BCUT2D eigenvalue weighted by atomic mass is 32.2. The minimum absolute atomic E-state index is 0.0299. The predicted molar refractivity (Wildman–Crippen MR) is 157 cm³/mol. The van der Waals surface area contributed by atoms with Crippen LogP contribution in [0.15, 0.2) is 41.3 Å². The fraction of sp³-hybridized carbons (Fsp3) is 0.656. The summed E-state index contributed by atoms with van der Waals surface area (Å²) in [7, 11) is 0. The molecule has 10 atom stereocenters. The van der Waals surface area contributed by atoms with Gasteiger partial charge in [0, 0.05) is 22.7 Å². The molecule has 4 fully saturated rings. The fourth-order valence-electron chi connectivity index (χ4n) is 8.25. The molecule has 5 aliphatic rings. The lowest BCUT2D eigenvalue weighted by atomic mass is 9.73. The summed E-state index contributed by atoms with van der Waals surface area (Å²) in [4.78, 5) is 45.5. The normalized spacial score (nSPS) is 40.2. The quantitative estimate of drug-likeness (QED) is 0.374. The SMILES string of the molecule is CSc1cccc(NC(=O)[C@@H]2[C@@H]3C=C[C@]4(O3)[C@@H]2C(=O)N([C@H]2CCCC[C@H]2C)[C@H]4C(=O)N[C@@H]2CCC[C@H](C)[C@@H]2C)c1. The van der Waals surface area contributed by atoms with E-state index in [2.05, 4.69) is 31.4 Å². The van der Waals surface area contributed by atoms with Crippen LogP contribution in [-0.4, -0.2) is 58.7 Å². The summed E-state index contributed by atoms with van der Waals surface area (Å²) < 4.78 is 6.60. The second-order valence-corrected chi connectivity index (χ2v) is 13.8. The Morgan fingerprint density at radius 2 is 1.80 bits per heavy atom. The Bertz CT molecular complexity index is 1200. The van der Waals surface area contributed by atoms with E-state index in [1.807, 2.05) is 47.6 Å². The molecule has 40 heavy (non-hydrogen) atoms. The van der Waals surface area contributed by atoms with Gasteiger partial charge < -0.3 is 20.3 Å². The molecule has 2 saturated heterocycles. The monoisotopic (exact) mass is 565 g/mol. The average molecular weight is 566 g/mol. The number of amides is 3. The van der Waals surface area contributed by atoms with Crippen molar-refractivity contribution in [1.82, 2.24) is 10.2 Å². The van der Waals surface area contributed by atoms with Crippen LogP contribution in [0.5, 0.6) is 0 Å². The smallest absolute Gasteiger partial charge is 0.246 e. The molecule has 1 aromatic carbocycles. The largest absolute Gasteiger partial charge is 0.359 e. The first-order valence-corrected chi connectivity index (χ1v) is 16.4. The lowest BCUT2D eigenvalue weighted by Gasteiger charge is -2.42. The number of hydrogen-bond donors (Lipinski definition) is 2. The molecule has 2 N–H and O–H groups in total. The molecule has 0 radical (unpaired) electrons. The minimum atomic E-state index is -1.12. The minimum Gasteiger partial charge on any atom is -0.359 e. The maximum absolute atomic E-state index is 14.5. The first-order chi connectivity index (χ1) is 19.2. The molecule has 216 valence electrons. The van der Waals surface area contributed by atoms with E-state index in [9.17, 15) is 14.4 Å². The number of benzene rings is 1. The molecule has 8 heteroatoms. The van der Waals surface area contributed by atoms with E-state index in [0.717, 1.165) is 43.4 Å². The van der Waals surface area contributed by atoms with Crippen molar-refractivity contribution < 1.29 is 19.1 Å². The Morgan fingerprint density at radius 1 is 1.02 bits per heavy atom. The fourth-order valence-corrected chi connectivity index (χ4v) is 8.71. The summed E-state index contributed by atoms with van der Waals surface area (Å²) in [5.74, 6) is -0.632. The topological polar surface area (TPSA) is 87.7 Å². The highest BCUT2D eigenvalue weighted by molar-refractivity contribution is 7.98. The molecule has 2 aliphatic carbocycles. The Labute approximate surface area is 242 Å². The zero-order chi connectivity index (χ0) is 28.2. The van der Waals surface area contributed by atoms with Crippen molar-refractivity contribution in [2.24, 2.45) is 29.6 Å². The maximum atomic E-state index is 14.5. The van der Waals surface area contributed by atoms with E-state index in [-0.39, 0.29) is 29.8 Å². The molecule has 3 heterocycles. The van der Waals surface area contributed by atoms with Gasteiger partial charge in [0.25, 0.3) is 0 Å². The van der Waals surface area contributed by atoms with Crippen LogP contribution in [0.25, 0.3) is 0 Å². The predicted octanol–water partition coefficient (Wildman–Crippen LogP) is 5.02. The molecule has 3 amide bonds. The van der Waals surface area contributed by atoms with E-state index in [1.165, 1.54) is 6.42 Å². The number of carbonyl (C=O) groups excluding carboxylic acids is 3. The van der Waals surface area contributed by atoms with E-state index < -0.39 is 29.6 Å². The Hall–Kier alpha value is -2.32. The second-order valence-electron chi connectivity index (χ2n) is 12.9. The van der Waals surface area contributed by atoms with Crippen LogP contribution in [0.4, 0.5) is 5.69 Å². The summed E-state index contributed by atoms with van der Waals surface area (Å²) in [6.07, 6.45) is 12.6. The number of ether oxygens (including phenoxy) is 1. The Balaban J connectivity index is 1.33. The third-order valence-corrected chi connectivity index (χ3v) is 11.4. The van der Waals surface area contributed by atoms with Crippen molar-refractivity contribution in [3.05, 3.63) is 36.4 Å². The van der Waals surface area contributed by atoms with Crippen LogP contribution >= 0.6 is 11.8 Å². The third kappa shape index (κ3) is 4.50. The Kier molecular flexibility index (Phi) is 7.53. The Morgan fingerprint density at radius 3 is 2.58 bits per heavy atom. The number of rotatable bonds is 6. The van der Waals surface area contributed by atoms with Gasteiger partial charge in [0.1, 0.15) is 11.6 Å². The van der Waals surface area contributed by atoms with Gasteiger partial charge in [0.05, 0.1) is 17.9 Å². The molecule has 6 rings (SSSR count). The number of fused-ring (bicyclic) bond motifs is 1. The molecular formula is C32H43N3O4S. The maximum Gasteiger partial charge on any atom is 0.246 e. The van der Waals surface area contributed by atoms with E-state index in [4.69, 9.17) is 4.74 Å². The number of anilines is 1. The molecule has 1 aromatic rings. The lowest BCUT2D eigenvalue weighted by Crippen LogP contribution is -2.60. The summed E-state index contributed by atoms with van der Waals surface area (Å²) in [6.45, 7) is 6.68. The van der Waals surface area contributed by atoms with Gasteiger partial charge in [-0.2, -0.15) is 0 Å². The zero-order valence-corrected chi connectivity index (χ0v) is 24.9. The molecule has 1 spiro atoms. The van der Waals surface area contributed by atoms with Gasteiger partial charge >= 0.3 is 0 Å². The number of likely N-dealkylation sites (tertiary alicyclic amines) is 1.